The molecule has 64 valence electrons. The minimum absolute atomic E-state index is 0.468. The minimum atomic E-state index is 0.468. The summed E-state index contributed by atoms with van der Waals surface area (Å²) in [5.41, 5.74) is 2.50. The van der Waals surface area contributed by atoms with Gasteiger partial charge in [-0.05, 0) is 14.0 Å². The molecule has 2 rings (SSSR count). The molecular formula is C9H13N3. The summed E-state index contributed by atoms with van der Waals surface area (Å²) < 4.78 is 0. The Kier molecular flexibility index (Phi) is 1.81. The summed E-state index contributed by atoms with van der Waals surface area (Å²) in [4.78, 5) is 10.6. The molecule has 1 aromatic rings. The Morgan fingerprint density at radius 1 is 1.58 bits per heavy atom. The lowest BCUT2D eigenvalue weighted by Crippen LogP contribution is -2.31. The van der Waals surface area contributed by atoms with E-state index < -0.39 is 0 Å². The molecular weight excluding hydrogens is 150 g/mol. The van der Waals surface area contributed by atoms with E-state index >= 15 is 0 Å². The van der Waals surface area contributed by atoms with Gasteiger partial charge in [-0.25, -0.2) is 9.97 Å². The van der Waals surface area contributed by atoms with Crippen LogP contribution in [0.1, 0.15) is 24.2 Å². The van der Waals surface area contributed by atoms with Gasteiger partial charge in [-0.1, -0.05) is 0 Å². The third-order valence-electron chi connectivity index (χ3n) is 2.64. The Morgan fingerprint density at radius 2 is 2.42 bits per heavy atom. The third kappa shape index (κ3) is 1.10. The standard InChI is InChI=1S/C9H13N3/c1-7-8-5-10-6-11-9(8)3-4-12(7)2/h5-7H,3-4H2,1-2H3. The number of likely N-dealkylation sites (N-methyl/N-ethyl adjacent to an activating group) is 1. The number of hydrogen-bond donors (Lipinski definition) is 0. The van der Waals surface area contributed by atoms with Crippen molar-refractivity contribution in [2.75, 3.05) is 13.6 Å². The predicted octanol–water partition coefficient (Wildman–Crippen LogP) is 1.03. The number of aromatic nitrogens is 2. The molecule has 0 saturated carbocycles. The zero-order valence-electron chi connectivity index (χ0n) is 7.49. The van der Waals surface area contributed by atoms with Crippen LogP contribution >= 0.6 is 0 Å². The summed E-state index contributed by atoms with van der Waals surface area (Å²) in [5, 5.41) is 0. The summed E-state index contributed by atoms with van der Waals surface area (Å²) in [6.07, 6.45) is 4.62. The van der Waals surface area contributed by atoms with E-state index in [0.29, 0.717) is 6.04 Å². The van der Waals surface area contributed by atoms with Gasteiger partial charge in [0.2, 0.25) is 0 Å². The van der Waals surface area contributed by atoms with Crippen LogP contribution in [0.2, 0.25) is 0 Å². The molecule has 0 N–H and O–H groups in total. The van der Waals surface area contributed by atoms with Gasteiger partial charge in [0.05, 0.1) is 0 Å². The first-order valence-corrected chi connectivity index (χ1v) is 4.28. The molecule has 0 bridgehead atoms. The Balaban J connectivity index is 2.42. The average Bonchev–Trinajstić information content (AvgIpc) is 2.12. The van der Waals surface area contributed by atoms with Crippen molar-refractivity contribution in [3.63, 3.8) is 0 Å². The lowest BCUT2D eigenvalue weighted by molar-refractivity contribution is 0.244. The highest BCUT2D eigenvalue weighted by molar-refractivity contribution is 5.22. The van der Waals surface area contributed by atoms with Crippen LogP contribution in [0.25, 0.3) is 0 Å². The van der Waals surface area contributed by atoms with Gasteiger partial charge in [-0.2, -0.15) is 0 Å². The van der Waals surface area contributed by atoms with Crippen molar-refractivity contribution in [3.05, 3.63) is 23.8 Å². The number of hydrogen-bond acceptors (Lipinski definition) is 3. The van der Waals surface area contributed by atoms with E-state index in [-0.39, 0.29) is 0 Å². The monoisotopic (exact) mass is 163 g/mol. The topological polar surface area (TPSA) is 29.0 Å². The molecule has 0 aliphatic carbocycles. The van der Waals surface area contributed by atoms with Crippen LogP contribution in [0.3, 0.4) is 0 Å². The maximum absolute atomic E-state index is 4.27. The number of fused-ring (bicyclic) bond motifs is 1. The van der Waals surface area contributed by atoms with Gasteiger partial charge >= 0.3 is 0 Å². The number of nitrogens with zero attached hydrogens (tertiary/aromatic N) is 3. The zero-order chi connectivity index (χ0) is 8.55. The molecule has 0 saturated heterocycles. The molecule has 0 spiro atoms. The first-order valence-electron chi connectivity index (χ1n) is 4.28. The van der Waals surface area contributed by atoms with Gasteiger partial charge in [0.15, 0.2) is 0 Å². The van der Waals surface area contributed by atoms with E-state index in [1.54, 1.807) is 6.33 Å². The van der Waals surface area contributed by atoms with Gasteiger partial charge < -0.3 is 0 Å². The molecule has 0 amide bonds. The van der Waals surface area contributed by atoms with Gasteiger partial charge in [-0.3, -0.25) is 4.90 Å². The summed E-state index contributed by atoms with van der Waals surface area (Å²) in [6.45, 7) is 3.30. The highest BCUT2D eigenvalue weighted by atomic mass is 15.1. The van der Waals surface area contributed by atoms with Crippen molar-refractivity contribution in [1.82, 2.24) is 14.9 Å². The van der Waals surface area contributed by atoms with Gasteiger partial charge in [0.25, 0.3) is 0 Å². The predicted molar refractivity (Wildman–Crippen MR) is 46.8 cm³/mol. The summed E-state index contributed by atoms with van der Waals surface area (Å²) in [7, 11) is 2.14. The SMILES string of the molecule is CC1c2cncnc2CCN1C. The van der Waals surface area contributed by atoms with Crippen molar-refractivity contribution in [3.8, 4) is 0 Å². The first kappa shape index (κ1) is 7.68. The van der Waals surface area contributed by atoms with Crippen molar-refractivity contribution >= 4 is 0 Å². The summed E-state index contributed by atoms with van der Waals surface area (Å²) in [6, 6.07) is 0.468. The second-order valence-electron chi connectivity index (χ2n) is 3.33. The van der Waals surface area contributed by atoms with Crippen LogP contribution in [0, 0.1) is 0 Å². The lowest BCUT2D eigenvalue weighted by Gasteiger charge is -2.30. The van der Waals surface area contributed by atoms with Crippen molar-refractivity contribution in [2.24, 2.45) is 0 Å². The molecule has 0 radical (unpaired) electrons. The third-order valence-corrected chi connectivity index (χ3v) is 2.64. The van der Waals surface area contributed by atoms with Crippen molar-refractivity contribution < 1.29 is 0 Å². The largest absolute Gasteiger partial charge is 0.299 e. The molecule has 0 fully saturated rings. The van der Waals surface area contributed by atoms with Crippen LogP contribution in [-0.4, -0.2) is 28.5 Å². The lowest BCUT2D eigenvalue weighted by atomic mass is 10.0. The molecule has 1 aliphatic heterocycles. The molecule has 1 aliphatic rings. The van der Waals surface area contributed by atoms with Crippen molar-refractivity contribution in [1.29, 1.82) is 0 Å². The smallest absolute Gasteiger partial charge is 0.115 e. The molecule has 3 heteroatoms. The van der Waals surface area contributed by atoms with Crippen LogP contribution in [0.5, 0.6) is 0 Å². The second kappa shape index (κ2) is 2.83. The summed E-state index contributed by atoms with van der Waals surface area (Å²) in [5.74, 6) is 0. The van der Waals surface area contributed by atoms with E-state index in [1.165, 1.54) is 11.3 Å². The molecule has 3 nitrogen and oxygen atoms in total. The van der Waals surface area contributed by atoms with E-state index in [2.05, 4.69) is 28.8 Å². The molecule has 2 heterocycles. The van der Waals surface area contributed by atoms with Crippen LogP contribution in [0.15, 0.2) is 12.5 Å². The fourth-order valence-corrected chi connectivity index (χ4v) is 1.64. The van der Waals surface area contributed by atoms with E-state index in [9.17, 15) is 0 Å². The van der Waals surface area contributed by atoms with E-state index in [0.717, 1.165) is 13.0 Å². The van der Waals surface area contributed by atoms with Crippen LogP contribution in [0.4, 0.5) is 0 Å². The minimum Gasteiger partial charge on any atom is -0.299 e. The Hall–Kier alpha value is -0.960. The molecule has 1 atom stereocenters. The number of rotatable bonds is 0. The maximum Gasteiger partial charge on any atom is 0.115 e. The Labute approximate surface area is 72.4 Å². The van der Waals surface area contributed by atoms with E-state index in [4.69, 9.17) is 0 Å². The van der Waals surface area contributed by atoms with Gasteiger partial charge in [0.1, 0.15) is 6.33 Å². The normalized spacial score (nSPS) is 23.7. The zero-order valence-corrected chi connectivity index (χ0v) is 7.49. The Bertz CT molecular complexity index is 285. The van der Waals surface area contributed by atoms with Crippen LogP contribution < -0.4 is 0 Å². The quantitative estimate of drug-likeness (QED) is 0.572. The Morgan fingerprint density at radius 3 is 3.25 bits per heavy atom. The molecule has 1 unspecified atom stereocenters. The maximum atomic E-state index is 4.27. The highest BCUT2D eigenvalue weighted by Crippen LogP contribution is 2.24. The molecule has 1 aromatic heterocycles. The fourth-order valence-electron chi connectivity index (χ4n) is 1.64. The van der Waals surface area contributed by atoms with Crippen LogP contribution in [-0.2, 0) is 6.42 Å². The average molecular weight is 163 g/mol. The van der Waals surface area contributed by atoms with E-state index in [1.807, 2.05) is 6.20 Å². The first-order chi connectivity index (χ1) is 5.79. The summed E-state index contributed by atoms with van der Waals surface area (Å²) >= 11 is 0. The van der Waals surface area contributed by atoms with Crippen molar-refractivity contribution in [2.45, 2.75) is 19.4 Å². The highest BCUT2D eigenvalue weighted by Gasteiger charge is 2.21. The molecule has 0 aromatic carbocycles. The second-order valence-corrected chi connectivity index (χ2v) is 3.33. The van der Waals surface area contributed by atoms with Gasteiger partial charge in [-0.15, -0.1) is 0 Å². The molecule has 12 heavy (non-hydrogen) atoms. The van der Waals surface area contributed by atoms with Gasteiger partial charge in [0, 0.05) is 36.5 Å². The fraction of sp³-hybridized carbons (Fsp3) is 0.556.